The fourth-order valence-electron chi connectivity index (χ4n) is 2.44. The average Bonchev–Trinajstić information content (AvgIpc) is 2.50. The molecular formula is C18H15BrClNO. The van der Waals surface area contributed by atoms with E-state index >= 15 is 0 Å². The van der Waals surface area contributed by atoms with Crippen molar-refractivity contribution in [2.24, 2.45) is 0 Å². The zero-order chi connectivity index (χ0) is 15.7. The minimum Gasteiger partial charge on any atom is -0.481 e. The van der Waals surface area contributed by atoms with Gasteiger partial charge >= 0.3 is 0 Å². The summed E-state index contributed by atoms with van der Waals surface area (Å²) in [6, 6.07) is 14.3. The van der Waals surface area contributed by atoms with Crippen LogP contribution in [0.25, 0.3) is 10.9 Å². The summed E-state index contributed by atoms with van der Waals surface area (Å²) in [6.07, 6.45) is 0.735. The van der Waals surface area contributed by atoms with E-state index < -0.39 is 0 Å². The van der Waals surface area contributed by atoms with Crippen molar-refractivity contribution < 1.29 is 4.74 Å². The van der Waals surface area contributed by atoms with Crippen molar-refractivity contribution >= 4 is 38.4 Å². The summed E-state index contributed by atoms with van der Waals surface area (Å²) in [5.74, 6) is 0.659. The topological polar surface area (TPSA) is 22.1 Å². The molecule has 1 aromatic heterocycles. The minimum absolute atomic E-state index is 0.659. The quantitative estimate of drug-likeness (QED) is 0.597. The van der Waals surface area contributed by atoms with Crippen LogP contribution < -0.4 is 4.74 Å². The van der Waals surface area contributed by atoms with E-state index in [-0.39, 0.29) is 0 Å². The molecule has 4 heteroatoms. The Bertz CT molecular complexity index is 848. The van der Waals surface area contributed by atoms with Crippen LogP contribution in [0.4, 0.5) is 0 Å². The maximum atomic E-state index is 6.22. The number of pyridine rings is 1. The summed E-state index contributed by atoms with van der Waals surface area (Å²) >= 11 is 9.72. The molecular weight excluding hydrogens is 362 g/mol. The van der Waals surface area contributed by atoms with Crippen LogP contribution in [-0.4, -0.2) is 12.1 Å². The van der Waals surface area contributed by atoms with E-state index in [0.29, 0.717) is 5.88 Å². The molecule has 22 heavy (non-hydrogen) atoms. The molecule has 0 bridgehead atoms. The van der Waals surface area contributed by atoms with Crippen LogP contribution in [0.2, 0.25) is 5.02 Å². The van der Waals surface area contributed by atoms with Gasteiger partial charge in [-0.15, -0.1) is 0 Å². The van der Waals surface area contributed by atoms with Gasteiger partial charge < -0.3 is 4.74 Å². The fraction of sp³-hybridized carbons (Fsp3) is 0.167. The number of ether oxygens (including phenoxy) is 1. The van der Waals surface area contributed by atoms with Crippen molar-refractivity contribution in [1.82, 2.24) is 4.98 Å². The number of aromatic nitrogens is 1. The SMILES string of the molecule is COc1nc2ccc(Br)cc2cc1Cc1ccc(C)c(Cl)c1. The molecule has 0 saturated carbocycles. The molecule has 0 N–H and O–H groups in total. The van der Waals surface area contributed by atoms with Crippen LogP contribution in [0.15, 0.2) is 46.9 Å². The number of aryl methyl sites for hydroxylation is 1. The van der Waals surface area contributed by atoms with Gasteiger partial charge in [-0.1, -0.05) is 39.7 Å². The number of hydrogen-bond donors (Lipinski definition) is 0. The van der Waals surface area contributed by atoms with Gasteiger partial charge in [0.25, 0.3) is 0 Å². The van der Waals surface area contributed by atoms with Crippen molar-refractivity contribution in [1.29, 1.82) is 0 Å². The lowest BCUT2D eigenvalue weighted by atomic mass is 10.0. The van der Waals surface area contributed by atoms with Crippen molar-refractivity contribution in [2.45, 2.75) is 13.3 Å². The summed E-state index contributed by atoms with van der Waals surface area (Å²) in [7, 11) is 1.65. The number of methoxy groups -OCH3 is 1. The summed E-state index contributed by atoms with van der Waals surface area (Å²) in [4.78, 5) is 4.59. The summed E-state index contributed by atoms with van der Waals surface area (Å²) < 4.78 is 6.49. The average molecular weight is 377 g/mol. The van der Waals surface area contributed by atoms with Crippen LogP contribution in [0.1, 0.15) is 16.7 Å². The van der Waals surface area contributed by atoms with E-state index in [9.17, 15) is 0 Å². The van der Waals surface area contributed by atoms with Crippen LogP contribution in [0.5, 0.6) is 5.88 Å². The second-order valence-corrected chi connectivity index (χ2v) is 6.58. The van der Waals surface area contributed by atoms with Crippen molar-refractivity contribution in [3.63, 3.8) is 0 Å². The maximum absolute atomic E-state index is 6.22. The first kappa shape index (κ1) is 15.3. The standard InChI is InChI=1S/C18H15BrClNO/c1-11-3-4-12(8-16(11)20)7-14-9-13-10-15(19)5-6-17(13)21-18(14)22-2/h3-6,8-10H,7H2,1-2H3. The summed E-state index contributed by atoms with van der Waals surface area (Å²) in [6.45, 7) is 2.00. The Labute approximate surface area is 143 Å². The molecule has 0 aliphatic heterocycles. The molecule has 3 aromatic rings. The molecule has 0 aliphatic rings. The van der Waals surface area contributed by atoms with Crippen LogP contribution in [0, 0.1) is 6.92 Å². The normalized spacial score (nSPS) is 10.9. The molecule has 3 rings (SSSR count). The smallest absolute Gasteiger partial charge is 0.217 e. The highest BCUT2D eigenvalue weighted by molar-refractivity contribution is 9.10. The highest BCUT2D eigenvalue weighted by Gasteiger charge is 2.09. The third-order valence-electron chi connectivity index (χ3n) is 3.64. The predicted octanol–water partition coefficient (Wildman–Crippen LogP) is 5.56. The number of hydrogen-bond acceptors (Lipinski definition) is 2. The summed E-state index contributed by atoms with van der Waals surface area (Å²) in [5.41, 5.74) is 4.20. The Balaban J connectivity index is 2.06. The largest absolute Gasteiger partial charge is 0.481 e. The molecule has 112 valence electrons. The molecule has 0 atom stereocenters. The van der Waals surface area contributed by atoms with E-state index in [1.54, 1.807) is 7.11 Å². The molecule has 1 heterocycles. The van der Waals surface area contributed by atoms with E-state index in [0.717, 1.165) is 43.5 Å². The number of rotatable bonds is 3. The van der Waals surface area contributed by atoms with Crippen molar-refractivity contribution in [2.75, 3.05) is 7.11 Å². The zero-order valence-electron chi connectivity index (χ0n) is 12.4. The lowest BCUT2D eigenvalue weighted by Gasteiger charge is -2.10. The van der Waals surface area contributed by atoms with Crippen molar-refractivity contribution in [3.8, 4) is 5.88 Å². The van der Waals surface area contributed by atoms with Gasteiger partial charge in [-0.05, 0) is 48.4 Å². The van der Waals surface area contributed by atoms with E-state index in [4.69, 9.17) is 16.3 Å². The number of benzene rings is 2. The predicted molar refractivity (Wildman–Crippen MR) is 95.0 cm³/mol. The van der Waals surface area contributed by atoms with Crippen LogP contribution >= 0.6 is 27.5 Å². The first-order chi connectivity index (χ1) is 10.6. The van der Waals surface area contributed by atoms with Gasteiger partial charge in [0, 0.05) is 26.9 Å². The number of nitrogens with zero attached hydrogens (tertiary/aromatic N) is 1. The van der Waals surface area contributed by atoms with Crippen molar-refractivity contribution in [3.05, 3.63) is 68.7 Å². The second-order valence-electron chi connectivity index (χ2n) is 5.25. The van der Waals surface area contributed by atoms with Gasteiger partial charge in [-0.2, -0.15) is 0 Å². The fourth-order valence-corrected chi connectivity index (χ4v) is 3.03. The number of fused-ring (bicyclic) bond motifs is 1. The third-order valence-corrected chi connectivity index (χ3v) is 4.54. The Morgan fingerprint density at radius 3 is 2.68 bits per heavy atom. The molecule has 2 aromatic carbocycles. The maximum Gasteiger partial charge on any atom is 0.217 e. The Kier molecular flexibility index (Phi) is 4.37. The molecule has 0 fully saturated rings. The first-order valence-corrected chi connectivity index (χ1v) is 8.12. The minimum atomic E-state index is 0.659. The zero-order valence-corrected chi connectivity index (χ0v) is 14.7. The van der Waals surface area contributed by atoms with E-state index in [1.807, 2.05) is 31.2 Å². The van der Waals surface area contributed by atoms with E-state index in [1.165, 1.54) is 0 Å². The van der Waals surface area contributed by atoms with Crippen LogP contribution in [-0.2, 0) is 6.42 Å². The molecule has 0 aliphatic carbocycles. The Morgan fingerprint density at radius 2 is 1.95 bits per heavy atom. The molecule has 0 unspecified atom stereocenters. The van der Waals surface area contributed by atoms with Gasteiger partial charge in [0.05, 0.1) is 12.6 Å². The highest BCUT2D eigenvalue weighted by Crippen LogP contribution is 2.27. The first-order valence-electron chi connectivity index (χ1n) is 6.95. The third kappa shape index (κ3) is 3.11. The summed E-state index contributed by atoms with van der Waals surface area (Å²) in [5, 5.41) is 1.87. The molecule has 0 radical (unpaired) electrons. The van der Waals surface area contributed by atoms with Gasteiger partial charge in [0.1, 0.15) is 0 Å². The highest BCUT2D eigenvalue weighted by atomic mass is 79.9. The van der Waals surface area contributed by atoms with Gasteiger partial charge in [-0.25, -0.2) is 4.98 Å². The van der Waals surface area contributed by atoms with Gasteiger partial charge in [0.2, 0.25) is 5.88 Å². The monoisotopic (exact) mass is 375 g/mol. The van der Waals surface area contributed by atoms with Gasteiger partial charge in [-0.3, -0.25) is 0 Å². The molecule has 0 saturated heterocycles. The Morgan fingerprint density at radius 1 is 1.14 bits per heavy atom. The van der Waals surface area contributed by atoms with Crippen LogP contribution in [0.3, 0.4) is 0 Å². The lowest BCUT2D eigenvalue weighted by Crippen LogP contribution is -1.98. The second kappa shape index (κ2) is 6.27. The van der Waals surface area contributed by atoms with Gasteiger partial charge in [0.15, 0.2) is 0 Å². The lowest BCUT2D eigenvalue weighted by molar-refractivity contribution is 0.395. The molecule has 0 spiro atoms. The molecule has 2 nitrogen and oxygen atoms in total. The number of halogens is 2. The molecule has 0 amide bonds. The Hall–Kier alpha value is -1.58. The van der Waals surface area contributed by atoms with E-state index in [2.05, 4.69) is 39.1 Å².